The number of carbonyl (C=O) groups is 1. The van der Waals surface area contributed by atoms with Crippen LogP contribution < -0.4 is 10.1 Å². The van der Waals surface area contributed by atoms with E-state index in [1.807, 2.05) is 31.2 Å². The van der Waals surface area contributed by atoms with Gasteiger partial charge in [0.25, 0.3) is 0 Å². The topological polar surface area (TPSA) is 79.9 Å². The van der Waals surface area contributed by atoms with Gasteiger partial charge in [0.05, 0.1) is 12.4 Å². The van der Waals surface area contributed by atoms with E-state index in [1.54, 1.807) is 7.11 Å². The summed E-state index contributed by atoms with van der Waals surface area (Å²) in [6.07, 6.45) is 7.53. The number of hydrogen-bond acceptors (Lipinski definition) is 5. The van der Waals surface area contributed by atoms with Crippen LogP contribution in [-0.4, -0.2) is 33.4 Å². The number of carbonyl (C=O) groups excluding carboxylic acids is 1. The Balaban J connectivity index is 1.47. The number of H-pyrrole nitrogens is 1. The normalized spacial score (nSPS) is 15.8. The SMILES string of the molecule is COc1ccc(NC(=O)[C@H](C)Sc2n[nH]c(CCC3CCCC3)n2)cc1. The number of thioether (sulfide) groups is 1. The van der Waals surface area contributed by atoms with Crippen LogP contribution in [0.1, 0.15) is 44.9 Å². The summed E-state index contributed by atoms with van der Waals surface area (Å²) in [5.41, 5.74) is 0.746. The maximum absolute atomic E-state index is 12.3. The van der Waals surface area contributed by atoms with E-state index in [0.717, 1.165) is 29.6 Å². The van der Waals surface area contributed by atoms with Crippen molar-refractivity contribution in [1.29, 1.82) is 0 Å². The monoisotopic (exact) mass is 374 g/mol. The predicted molar refractivity (Wildman–Crippen MR) is 104 cm³/mol. The van der Waals surface area contributed by atoms with Gasteiger partial charge in [0, 0.05) is 12.1 Å². The van der Waals surface area contributed by atoms with Crippen LogP contribution in [0.3, 0.4) is 0 Å². The minimum atomic E-state index is -0.282. The highest BCUT2D eigenvalue weighted by molar-refractivity contribution is 8.00. The van der Waals surface area contributed by atoms with Crippen molar-refractivity contribution >= 4 is 23.4 Å². The number of anilines is 1. The molecule has 140 valence electrons. The zero-order valence-corrected chi connectivity index (χ0v) is 16.1. The van der Waals surface area contributed by atoms with Crippen LogP contribution >= 0.6 is 11.8 Å². The lowest BCUT2D eigenvalue weighted by molar-refractivity contribution is -0.115. The molecule has 26 heavy (non-hydrogen) atoms. The minimum absolute atomic E-state index is 0.0718. The highest BCUT2D eigenvalue weighted by atomic mass is 32.2. The number of nitrogens with one attached hydrogen (secondary N) is 2. The maximum atomic E-state index is 12.3. The predicted octanol–water partition coefficient (Wildman–Crippen LogP) is 4.06. The van der Waals surface area contributed by atoms with Gasteiger partial charge in [0.15, 0.2) is 0 Å². The second-order valence-electron chi connectivity index (χ2n) is 6.73. The second kappa shape index (κ2) is 9.07. The van der Waals surface area contributed by atoms with Crippen molar-refractivity contribution in [3.05, 3.63) is 30.1 Å². The smallest absolute Gasteiger partial charge is 0.237 e. The summed E-state index contributed by atoms with van der Waals surface area (Å²) in [7, 11) is 1.62. The van der Waals surface area contributed by atoms with E-state index in [0.29, 0.717) is 5.16 Å². The third-order valence-corrected chi connectivity index (χ3v) is 5.75. The molecule has 1 fully saturated rings. The molecule has 3 rings (SSSR count). The number of ether oxygens (including phenoxy) is 1. The maximum Gasteiger partial charge on any atom is 0.237 e. The van der Waals surface area contributed by atoms with E-state index in [4.69, 9.17) is 4.74 Å². The third kappa shape index (κ3) is 5.24. The van der Waals surface area contributed by atoms with Crippen molar-refractivity contribution in [1.82, 2.24) is 15.2 Å². The van der Waals surface area contributed by atoms with Crippen molar-refractivity contribution in [3.8, 4) is 5.75 Å². The molecule has 2 N–H and O–H groups in total. The molecular weight excluding hydrogens is 348 g/mol. The lowest BCUT2D eigenvalue weighted by atomic mass is 10.0. The first-order chi connectivity index (χ1) is 12.6. The van der Waals surface area contributed by atoms with Crippen LogP contribution in [0.15, 0.2) is 29.4 Å². The highest BCUT2D eigenvalue weighted by Crippen LogP contribution is 2.28. The molecular formula is C19H26N4O2S. The van der Waals surface area contributed by atoms with Gasteiger partial charge in [0.1, 0.15) is 11.6 Å². The molecule has 2 aromatic rings. The molecule has 0 unspecified atom stereocenters. The molecule has 1 aromatic heterocycles. The summed E-state index contributed by atoms with van der Waals surface area (Å²) in [6, 6.07) is 7.28. The Morgan fingerprint density at radius 1 is 1.35 bits per heavy atom. The minimum Gasteiger partial charge on any atom is -0.497 e. The van der Waals surface area contributed by atoms with Crippen LogP contribution in [0.25, 0.3) is 0 Å². The number of amides is 1. The molecule has 1 atom stereocenters. The number of benzene rings is 1. The highest BCUT2D eigenvalue weighted by Gasteiger charge is 2.19. The summed E-state index contributed by atoms with van der Waals surface area (Å²) in [5, 5.41) is 10.5. The summed E-state index contributed by atoms with van der Waals surface area (Å²) < 4.78 is 5.12. The molecule has 1 amide bonds. The zero-order valence-electron chi connectivity index (χ0n) is 15.3. The molecule has 7 heteroatoms. The van der Waals surface area contributed by atoms with E-state index in [2.05, 4.69) is 20.5 Å². The fraction of sp³-hybridized carbons (Fsp3) is 0.526. The number of aromatic amines is 1. The van der Waals surface area contributed by atoms with E-state index >= 15 is 0 Å². The zero-order chi connectivity index (χ0) is 18.4. The van der Waals surface area contributed by atoms with Crippen molar-refractivity contribution in [2.24, 2.45) is 5.92 Å². The quantitative estimate of drug-likeness (QED) is 0.681. The molecule has 1 aliphatic carbocycles. The number of aryl methyl sites for hydroxylation is 1. The molecule has 0 aliphatic heterocycles. The Bertz CT molecular complexity index is 711. The van der Waals surface area contributed by atoms with Crippen LogP contribution in [0.4, 0.5) is 5.69 Å². The fourth-order valence-electron chi connectivity index (χ4n) is 3.21. The molecule has 0 radical (unpaired) electrons. The molecule has 1 heterocycles. The number of hydrogen-bond donors (Lipinski definition) is 2. The Kier molecular flexibility index (Phi) is 6.55. The summed E-state index contributed by atoms with van der Waals surface area (Å²) in [5.74, 6) is 2.45. The van der Waals surface area contributed by atoms with Crippen molar-refractivity contribution in [2.75, 3.05) is 12.4 Å². The first kappa shape index (κ1) is 18.8. The largest absolute Gasteiger partial charge is 0.497 e. The average Bonchev–Trinajstić information content (AvgIpc) is 3.32. The fourth-order valence-corrected chi connectivity index (χ4v) is 3.96. The molecule has 6 nitrogen and oxygen atoms in total. The van der Waals surface area contributed by atoms with Crippen LogP contribution in [0, 0.1) is 5.92 Å². The summed E-state index contributed by atoms with van der Waals surface area (Å²) >= 11 is 1.37. The first-order valence-electron chi connectivity index (χ1n) is 9.17. The van der Waals surface area contributed by atoms with Crippen molar-refractivity contribution in [3.63, 3.8) is 0 Å². The van der Waals surface area contributed by atoms with E-state index in [1.165, 1.54) is 43.9 Å². The Morgan fingerprint density at radius 2 is 2.08 bits per heavy atom. The van der Waals surface area contributed by atoms with Gasteiger partial charge in [-0.15, -0.1) is 5.10 Å². The third-order valence-electron chi connectivity index (χ3n) is 4.78. The number of rotatable bonds is 8. The van der Waals surface area contributed by atoms with Crippen LogP contribution in [0.2, 0.25) is 0 Å². The number of methoxy groups -OCH3 is 1. The van der Waals surface area contributed by atoms with Crippen LogP contribution in [-0.2, 0) is 11.2 Å². The van der Waals surface area contributed by atoms with Gasteiger partial charge in [-0.05, 0) is 43.5 Å². The Hall–Kier alpha value is -2.02. The van der Waals surface area contributed by atoms with Gasteiger partial charge < -0.3 is 10.1 Å². The first-order valence-corrected chi connectivity index (χ1v) is 10.0. The van der Waals surface area contributed by atoms with Crippen LogP contribution in [0.5, 0.6) is 5.75 Å². The average molecular weight is 375 g/mol. The van der Waals surface area contributed by atoms with Gasteiger partial charge in [-0.1, -0.05) is 37.4 Å². The molecule has 0 bridgehead atoms. The summed E-state index contributed by atoms with van der Waals surface area (Å²) in [6.45, 7) is 1.86. The van der Waals surface area contributed by atoms with Gasteiger partial charge in [-0.25, -0.2) is 4.98 Å². The number of aromatic nitrogens is 3. The van der Waals surface area contributed by atoms with Crippen molar-refractivity contribution in [2.45, 2.75) is 55.9 Å². The molecule has 1 aromatic carbocycles. The molecule has 0 saturated heterocycles. The Morgan fingerprint density at radius 3 is 2.77 bits per heavy atom. The lowest BCUT2D eigenvalue weighted by Crippen LogP contribution is -2.22. The second-order valence-corrected chi connectivity index (χ2v) is 8.04. The van der Waals surface area contributed by atoms with E-state index in [-0.39, 0.29) is 11.2 Å². The molecule has 0 spiro atoms. The van der Waals surface area contributed by atoms with E-state index in [9.17, 15) is 4.79 Å². The van der Waals surface area contributed by atoms with E-state index < -0.39 is 0 Å². The van der Waals surface area contributed by atoms with Gasteiger partial charge >= 0.3 is 0 Å². The summed E-state index contributed by atoms with van der Waals surface area (Å²) in [4.78, 5) is 16.9. The van der Waals surface area contributed by atoms with Crippen molar-refractivity contribution < 1.29 is 9.53 Å². The van der Waals surface area contributed by atoms with Gasteiger partial charge in [-0.3, -0.25) is 9.89 Å². The lowest BCUT2D eigenvalue weighted by Gasteiger charge is -2.10. The van der Waals surface area contributed by atoms with Gasteiger partial charge in [0.2, 0.25) is 11.1 Å². The Labute approximate surface area is 158 Å². The standard InChI is InChI=1S/C19H26N4O2S/c1-13(18(24)20-15-8-10-16(25-2)11-9-15)26-19-21-17(22-23-19)12-7-14-5-3-4-6-14/h8-11,13-14H,3-7,12H2,1-2H3,(H,20,24)(H,21,22,23)/t13-/m0/s1. The van der Waals surface area contributed by atoms with Gasteiger partial charge in [-0.2, -0.15) is 0 Å². The molecule has 1 aliphatic rings. The number of nitrogens with zero attached hydrogens (tertiary/aromatic N) is 2. The molecule has 1 saturated carbocycles.